The van der Waals surface area contributed by atoms with Gasteiger partial charge in [-0.2, -0.15) is 0 Å². The van der Waals surface area contributed by atoms with Gasteiger partial charge in [0.15, 0.2) is 0 Å². The molecule has 0 amide bonds. The first kappa shape index (κ1) is 11.9. The lowest BCUT2D eigenvalue weighted by Gasteiger charge is -2.02. The van der Waals surface area contributed by atoms with Gasteiger partial charge in [-0.3, -0.25) is 0 Å². The number of unbranched alkanes of at least 4 members (excludes halogenated alkanes) is 3. The second-order valence-electron chi connectivity index (χ2n) is 3.32. The molecular formula is C8H15Cl3N2. The van der Waals surface area contributed by atoms with Crippen LogP contribution in [0.2, 0.25) is 0 Å². The largest absolute Gasteiger partial charge is 0.330 e. The molecule has 0 spiro atoms. The van der Waals surface area contributed by atoms with Crippen LogP contribution >= 0.6 is 34.8 Å². The van der Waals surface area contributed by atoms with Crippen molar-refractivity contribution in [2.45, 2.75) is 35.6 Å². The van der Waals surface area contributed by atoms with E-state index in [-0.39, 0.29) is 5.50 Å². The van der Waals surface area contributed by atoms with Crippen molar-refractivity contribution in [1.82, 2.24) is 4.90 Å². The number of halogens is 3. The molecule has 1 aliphatic rings. The molecule has 1 heterocycles. The summed E-state index contributed by atoms with van der Waals surface area (Å²) in [5.74, 6) is 0. The number of hydrogen-bond donors (Lipinski definition) is 1. The molecule has 1 saturated heterocycles. The minimum absolute atomic E-state index is 0.203. The lowest BCUT2D eigenvalue weighted by atomic mass is 10.2. The molecule has 2 unspecified atom stereocenters. The molecular weight excluding hydrogens is 230 g/mol. The van der Waals surface area contributed by atoms with E-state index in [1.807, 2.05) is 4.90 Å². The summed E-state index contributed by atoms with van der Waals surface area (Å²) in [6, 6.07) is 0. The molecule has 2 N–H and O–H groups in total. The Morgan fingerprint density at radius 2 is 1.69 bits per heavy atom. The maximum atomic E-state index is 5.84. The van der Waals surface area contributed by atoms with E-state index in [4.69, 9.17) is 40.5 Å². The summed E-state index contributed by atoms with van der Waals surface area (Å²) in [5, 5.41) is 0. The fourth-order valence-corrected chi connectivity index (χ4v) is 2.22. The first-order valence-corrected chi connectivity index (χ1v) is 5.78. The molecule has 0 saturated carbocycles. The van der Waals surface area contributed by atoms with Gasteiger partial charge in [0.25, 0.3) is 0 Å². The molecule has 0 aromatic rings. The fourth-order valence-electron chi connectivity index (χ4n) is 1.30. The van der Waals surface area contributed by atoms with Crippen LogP contribution in [0.5, 0.6) is 0 Å². The molecule has 0 radical (unpaired) electrons. The van der Waals surface area contributed by atoms with Crippen molar-refractivity contribution in [3.63, 3.8) is 0 Å². The van der Waals surface area contributed by atoms with Crippen molar-refractivity contribution in [2.75, 3.05) is 13.1 Å². The van der Waals surface area contributed by atoms with E-state index in [1.54, 1.807) is 0 Å². The summed E-state index contributed by atoms with van der Waals surface area (Å²) in [4.78, 5) is 1.88. The van der Waals surface area contributed by atoms with Crippen LogP contribution in [-0.2, 0) is 0 Å². The highest BCUT2D eigenvalue weighted by Crippen LogP contribution is 2.50. The van der Waals surface area contributed by atoms with Crippen LogP contribution in [0, 0.1) is 0 Å². The van der Waals surface area contributed by atoms with Crippen LogP contribution in [0.1, 0.15) is 25.7 Å². The minimum Gasteiger partial charge on any atom is -0.330 e. The van der Waals surface area contributed by atoms with Gasteiger partial charge in [-0.1, -0.05) is 36.0 Å². The second kappa shape index (κ2) is 5.04. The van der Waals surface area contributed by atoms with E-state index in [2.05, 4.69) is 0 Å². The normalized spacial score (nSPS) is 30.5. The average Bonchev–Trinajstić information content (AvgIpc) is 2.54. The molecule has 0 aromatic carbocycles. The Bertz CT molecular complexity index is 163. The molecule has 5 heteroatoms. The van der Waals surface area contributed by atoms with E-state index < -0.39 is 4.46 Å². The molecule has 78 valence electrons. The Kier molecular flexibility index (Phi) is 4.59. The van der Waals surface area contributed by atoms with Crippen LogP contribution in [-0.4, -0.2) is 27.9 Å². The van der Waals surface area contributed by atoms with Crippen molar-refractivity contribution in [2.24, 2.45) is 5.73 Å². The maximum absolute atomic E-state index is 5.84. The van der Waals surface area contributed by atoms with Gasteiger partial charge in [-0.25, -0.2) is 4.90 Å². The highest BCUT2D eigenvalue weighted by atomic mass is 35.5. The number of nitrogens with two attached hydrogens (primary N) is 1. The van der Waals surface area contributed by atoms with E-state index in [1.165, 1.54) is 12.8 Å². The van der Waals surface area contributed by atoms with E-state index in [0.717, 1.165) is 25.9 Å². The Balaban J connectivity index is 1.96. The van der Waals surface area contributed by atoms with E-state index >= 15 is 0 Å². The maximum Gasteiger partial charge on any atom is 0.202 e. The first-order valence-electron chi connectivity index (χ1n) is 4.59. The number of rotatable bonds is 6. The Morgan fingerprint density at radius 3 is 2.15 bits per heavy atom. The minimum atomic E-state index is -0.810. The van der Waals surface area contributed by atoms with Gasteiger partial charge in [0, 0.05) is 6.54 Å². The SMILES string of the molecule is NCCCCCCN1C(Cl)C1(Cl)Cl. The summed E-state index contributed by atoms with van der Waals surface area (Å²) in [6.07, 6.45) is 4.53. The third kappa shape index (κ3) is 3.14. The number of alkyl halides is 3. The van der Waals surface area contributed by atoms with Gasteiger partial charge < -0.3 is 5.73 Å². The predicted molar refractivity (Wildman–Crippen MR) is 58.3 cm³/mol. The zero-order valence-corrected chi connectivity index (χ0v) is 9.75. The zero-order valence-electron chi connectivity index (χ0n) is 7.48. The number of nitrogens with zero attached hydrogens (tertiary/aromatic N) is 1. The van der Waals surface area contributed by atoms with Crippen LogP contribution in [0.15, 0.2) is 0 Å². The summed E-state index contributed by atoms with van der Waals surface area (Å²) >= 11 is 17.5. The molecule has 1 rings (SSSR count). The Labute approximate surface area is 94.3 Å². The fraction of sp³-hybridized carbons (Fsp3) is 1.00. The zero-order chi connectivity index (χ0) is 9.90. The topological polar surface area (TPSA) is 29.0 Å². The standard InChI is InChI=1S/C8H15Cl3N2/c9-7-8(10,11)13(7)6-4-2-1-3-5-12/h7H,1-6,12H2. The van der Waals surface area contributed by atoms with Crippen molar-refractivity contribution in [3.05, 3.63) is 0 Å². The first-order chi connectivity index (χ1) is 6.10. The van der Waals surface area contributed by atoms with E-state index in [0.29, 0.717) is 0 Å². The van der Waals surface area contributed by atoms with Crippen molar-refractivity contribution >= 4 is 34.8 Å². The molecule has 1 fully saturated rings. The summed E-state index contributed by atoms with van der Waals surface area (Å²) in [6.45, 7) is 1.66. The van der Waals surface area contributed by atoms with Gasteiger partial charge >= 0.3 is 0 Å². The lowest BCUT2D eigenvalue weighted by molar-refractivity contribution is 0.481. The smallest absolute Gasteiger partial charge is 0.202 e. The highest BCUT2D eigenvalue weighted by Gasteiger charge is 2.59. The van der Waals surface area contributed by atoms with Crippen molar-refractivity contribution in [1.29, 1.82) is 0 Å². The molecule has 0 aromatic heterocycles. The monoisotopic (exact) mass is 244 g/mol. The van der Waals surface area contributed by atoms with Crippen LogP contribution in [0.3, 0.4) is 0 Å². The quantitative estimate of drug-likeness (QED) is 0.337. The van der Waals surface area contributed by atoms with Gasteiger partial charge in [0.2, 0.25) is 4.46 Å². The van der Waals surface area contributed by atoms with E-state index in [9.17, 15) is 0 Å². The van der Waals surface area contributed by atoms with Crippen molar-refractivity contribution < 1.29 is 0 Å². The molecule has 0 bridgehead atoms. The van der Waals surface area contributed by atoms with Gasteiger partial charge in [0.05, 0.1) is 0 Å². The van der Waals surface area contributed by atoms with Crippen LogP contribution < -0.4 is 5.73 Å². The van der Waals surface area contributed by atoms with Crippen molar-refractivity contribution in [3.8, 4) is 0 Å². The Hall–Kier alpha value is 0.790. The highest BCUT2D eigenvalue weighted by molar-refractivity contribution is 6.55. The summed E-state index contributed by atoms with van der Waals surface area (Å²) in [7, 11) is 0. The predicted octanol–water partition coefficient (Wildman–Crippen LogP) is 2.52. The molecule has 1 aliphatic heterocycles. The number of hydrogen-bond acceptors (Lipinski definition) is 2. The molecule has 0 aliphatic carbocycles. The average molecular weight is 246 g/mol. The molecule has 13 heavy (non-hydrogen) atoms. The van der Waals surface area contributed by atoms with Crippen LogP contribution in [0.4, 0.5) is 0 Å². The summed E-state index contributed by atoms with van der Waals surface area (Å²) in [5.41, 5.74) is 5.17. The second-order valence-corrected chi connectivity index (χ2v) is 5.08. The van der Waals surface area contributed by atoms with Gasteiger partial charge in [-0.05, 0) is 19.4 Å². The third-order valence-electron chi connectivity index (χ3n) is 2.23. The third-order valence-corrected chi connectivity index (χ3v) is 3.85. The van der Waals surface area contributed by atoms with Gasteiger partial charge in [0.1, 0.15) is 5.50 Å². The molecule has 2 nitrogen and oxygen atoms in total. The summed E-state index contributed by atoms with van der Waals surface area (Å²) < 4.78 is -0.810. The lowest BCUT2D eigenvalue weighted by Crippen LogP contribution is -2.06. The van der Waals surface area contributed by atoms with Crippen LogP contribution in [0.25, 0.3) is 0 Å². The van der Waals surface area contributed by atoms with Gasteiger partial charge in [-0.15, -0.1) is 11.6 Å². The Morgan fingerprint density at radius 1 is 1.15 bits per heavy atom. The molecule has 2 atom stereocenters.